The fourth-order valence-corrected chi connectivity index (χ4v) is 2.74. The van der Waals surface area contributed by atoms with E-state index in [0.717, 1.165) is 29.3 Å². The summed E-state index contributed by atoms with van der Waals surface area (Å²) in [5.74, 6) is 0.652. The summed E-state index contributed by atoms with van der Waals surface area (Å²) in [6.45, 7) is 0.946. The maximum atomic E-state index is 12.4. The molecule has 1 aliphatic rings. The lowest BCUT2D eigenvalue weighted by Crippen LogP contribution is -2.11. The number of nitrogens with one attached hydrogen (secondary N) is 1. The van der Waals surface area contributed by atoms with Crippen molar-refractivity contribution in [2.24, 2.45) is 5.92 Å². The molecule has 1 amide bonds. The lowest BCUT2D eigenvalue weighted by atomic mass is 10.0. The van der Waals surface area contributed by atoms with Gasteiger partial charge in [-0.05, 0) is 42.0 Å². The van der Waals surface area contributed by atoms with Gasteiger partial charge in [-0.1, -0.05) is 42.5 Å². The van der Waals surface area contributed by atoms with Crippen molar-refractivity contribution < 1.29 is 4.79 Å². The van der Waals surface area contributed by atoms with Crippen molar-refractivity contribution in [1.29, 1.82) is 0 Å². The molecule has 1 aromatic heterocycles. The van der Waals surface area contributed by atoms with Gasteiger partial charge in [0, 0.05) is 18.3 Å². The summed E-state index contributed by atoms with van der Waals surface area (Å²) in [5, 5.41) is 7.21. The van der Waals surface area contributed by atoms with Crippen molar-refractivity contribution in [3.8, 4) is 11.1 Å². The Hall–Kier alpha value is -2.88. The highest BCUT2D eigenvalue weighted by molar-refractivity contribution is 6.04. The van der Waals surface area contributed by atoms with Crippen LogP contribution in [0.5, 0.6) is 0 Å². The first kappa shape index (κ1) is 14.7. The third-order valence-corrected chi connectivity index (χ3v) is 4.29. The number of amides is 1. The predicted molar refractivity (Wildman–Crippen MR) is 94.8 cm³/mol. The molecule has 0 unspecified atom stereocenters. The lowest BCUT2D eigenvalue weighted by Gasteiger charge is -2.05. The van der Waals surface area contributed by atoms with Crippen LogP contribution in [0.15, 0.2) is 67.0 Å². The maximum absolute atomic E-state index is 12.4. The highest BCUT2D eigenvalue weighted by atomic mass is 16.1. The number of benzene rings is 2. The molecule has 1 heterocycles. The first-order valence-corrected chi connectivity index (χ1v) is 8.27. The van der Waals surface area contributed by atoms with Crippen molar-refractivity contribution >= 4 is 11.6 Å². The van der Waals surface area contributed by atoms with Crippen molar-refractivity contribution in [2.45, 2.75) is 19.4 Å². The van der Waals surface area contributed by atoms with Crippen molar-refractivity contribution in [2.75, 3.05) is 5.32 Å². The topological polar surface area (TPSA) is 46.9 Å². The minimum Gasteiger partial charge on any atom is -0.319 e. The average Bonchev–Trinajstić information content (AvgIpc) is 3.34. The predicted octanol–water partition coefficient (Wildman–Crippen LogP) is 4.21. The highest BCUT2D eigenvalue weighted by Gasteiger charge is 2.22. The molecule has 1 fully saturated rings. The van der Waals surface area contributed by atoms with Crippen molar-refractivity contribution in [1.82, 2.24) is 9.78 Å². The molecule has 0 atom stereocenters. The van der Waals surface area contributed by atoms with E-state index in [1.54, 1.807) is 6.20 Å². The minimum atomic E-state index is -0.111. The number of aromatic nitrogens is 2. The van der Waals surface area contributed by atoms with E-state index in [9.17, 15) is 4.79 Å². The zero-order valence-electron chi connectivity index (χ0n) is 13.4. The Labute approximate surface area is 141 Å². The highest BCUT2D eigenvalue weighted by Crippen LogP contribution is 2.30. The first-order valence-electron chi connectivity index (χ1n) is 8.27. The molecule has 1 N–H and O–H groups in total. The normalized spacial score (nSPS) is 13.7. The zero-order chi connectivity index (χ0) is 16.4. The van der Waals surface area contributed by atoms with Gasteiger partial charge in [0.15, 0.2) is 0 Å². The molecule has 4 heteroatoms. The summed E-state index contributed by atoms with van der Waals surface area (Å²) >= 11 is 0. The molecule has 4 rings (SSSR count). The Balaban J connectivity index is 1.43. The summed E-state index contributed by atoms with van der Waals surface area (Å²) in [5.41, 5.74) is 3.63. The van der Waals surface area contributed by atoms with Gasteiger partial charge in [0.2, 0.25) is 0 Å². The van der Waals surface area contributed by atoms with Gasteiger partial charge in [-0.15, -0.1) is 0 Å². The summed E-state index contributed by atoms with van der Waals surface area (Å²) in [4.78, 5) is 12.4. The van der Waals surface area contributed by atoms with E-state index >= 15 is 0 Å². The van der Waals surface area contributed by atoms with Crippen LogP contribution in [0.3, 0.4) is 0 Å². The number of hydrogen-bond donors (Lipinski definition) is 1. The van der Waals surface area contributed by atoms with Gasteiger partial charge in [-0.3, -0.25) is 9.48 Å². The second kappa shape index (κ2) is 6.32. The van der Waals surface area contributed by atoms with Crippen LogP contribution in [0.2, 0.25) is 0 Å². The number of anilines is 1. The number of rotatable bonds is 5. The van der Waals surface area contributed by atoms with E-state index < -0.39 is 0 Å². The lowest BCUT2D eigenvalue weighted by molar-refractivity contribution is 0.102. The van der Waals surface area contributed by atoms with Gasteiger partial charge in [0.25, 0.3) is 5.91 Å². The van der Waals surface area contributed by atoms with Crippen LogP contribution in [0.25, 0.3) is 11.1 Å². The Morgan fingerprint density at radius 2 is 1.75 bits per heavy atom. The molecular weight excluding hydrogens is 298 g/mol. The number of nitrogens with zero attached hydrogens (tertiary/aromatic N) is 2. The Kier molecular flexibility index (Phi) is 3.87. The SMILES string of the molecule is O=C(Nc1cnn(CC2CC2)c1)c1ccc(-c2ccccc2)cc1. The molecular formula is C20H19N3O. The molecule has 0 radical (unpaired) electrons. The molecule has 24 heavy (non-hydrogen) atoms. The van der Waals surface area contributed by atoms with Gasteiger partial charge in [-0.2, -0.15) is 5.10 Å². The first-order chi connectivity index (χ1) is 11.8. The van der Waals surface area contributed by atoms with E-state index in [1.807, 2.05) is 53.3 Å². The molecule has 0 aliphatic heterocycles. The number of carbonyl (C=O) groups excluding carboxylic acids is 1. The van der Waals surface area contributed by atoms with Crippen LogP contribution in [-0.4, -0.2) is 15.7 Å². The molecule has 1 saturated carbocycles. The molecule has 3 aromatic rings. The third-order valence-electron chi connectivity index (χ3n) is 4.29. The summed E-state index contributed by atoms with van der Waals surface area (Å²) in [6.07, 6.45) is 6.18. The smallest absolute Gasteiger partial charge is 0.255 e. The van der Waals surface area contributed by atoms with E-state index in [4.69, 9.17) is 0 Å². The zero-order valence-corrected chi connectivity index (χ0v) is 13.4. The van der Waals surface area contributed by atoms with Crippen LogP contribution in [0.4, 0.5) is 5.69 Å². The molecule has 1 aliphatic carbocycles. The fraction of sp³-hybridized carbons (Fsp3) is 0.200. The van der Waals surface area contributed by atoms with Gasteiger partial charge in [0.05, 0.1) is 11.9 Å². The summed E-state index contributed by atoms with van der Waals surface area (Å²) in [7, 11) is 0. The standard InChI is InChI=1S/C20H19N3O/c24-20(22-19-12-21-23(14-19)13-15-6-7-15)18-10-8-17(9-11-18)16-4-2-1-3-5-16/h1-5,8-12,14-15H,6-7,13H2,(H,22,24). The van der Waals surface area contributed by atoms with Gasteiger partial charge >= 0.3 is 0 Å². The van der Waals surface area contributed by atoms with Crippen molar-refractivity contribution in [3.05, 3.63) is 72.6 Å². The second-order valence-electron chi connectivity index (χ2n) is 6.29. The van der Waals surface area contributed by atoms with Gasteiger partial charge in [-0.25, -0.2) is 0 Å². The fourth-order valence-electron chi connectivity index (χ4n) is 2.74. The molecule has 120 valence electrons. The van der Waals surface area contributed by atoms with E-state index in [1.165, 1.54) is 12.8 Å². The van der Waals surface area contributed by atoms with E-state index in [-0.39, 0.29) is 5.91 Å². The average molecular weight is 317 g/mol. The van der Waals surface area contributed by atoms with Gasteiger partial charge < -0.3 is 5.32 Å². The quantitative estimate of drug-likeness (QED) is 0.766. The number of carbonyl (C=O) groups is 1. The molecule has 0 spiro atoms. The monoisotopic (exact) mass is 317 g/mol. The van der Waals surface area contributed by atoms with Gasteiger partial charge in [0.1, 0.15) is 0 Å². The Morgan fingerprint density at radius 3 is 2.46 bits per heavy atom. The maximum Gasteiger partial charge on any atom is 0.255 e. The molecule has 4 nitrogen and oxygen atoms in total. The Bertz CT molecular complexity index is 833. The van der Waals surface area contributed by atoms with Crippen LogP contribution in [0, 0.1) is 5.92 Å². The molecule has 2 aromatic carbocycles. The van der Waals surface area contributed by atoms with Crippen LogP contribution in [0.1, 0.15) is 23.2 Å². The largest absolute Gasteiger partial charge is 0.319 e. The van der Waals surface area contributed by atoms with E-state index in [0.29, 0.717) is 5.56 Å². The number of hydrogen-bond acceptors (Lipinski definition) is 2. The minimum absolute atomic E-state index is 0.111. The van der Waals surface area contributed by atoms with E-state index in [2.05, 4.69) is 22.5 Å². The van der Waals surface area contributed by atoms with Crippen LogP contribution in [-0.2, 0) is 6.54 Å². The van der Waals surface area contributed by atoms with Crippen LogP contribution < -0.4 is 5.32 Å². The molecule has 0 bridgehead atoms. The Morgan fingerprint density at radius 1 is 1.04 bits per heavy atom. The third kappa shape index (κ3) is 3.38. The second-order valence-corrected chi connectivity index (χ2v) is 6.29. The molecule has 0 saturated heterocycles. The van der Waals surface area contributed by atoms with Crippen LogP contribution >= 0.6 is 0 Å². The summed E-state index contributed by atoms with van der Waals surface area (Å²) in [6, 6.07) is 17.8. The van der Waals surface area contributed by atoms with Crippen molar-refractivity contribution in [3.63, 3.8) is 0 Å². The summed E-state index contributed by atoms with van der Waals surface area (Å²) < 4.78 is 1.91.